The van der Waals surface area contributed by atoms with Crippen LogP contribution in [0, 0.1) is 11.3 Å². The van der Waals surface area contributed by atoms with Gasteiger partial charge < -0.3 is 21.1 Å². The molecular formula is C24H27N7O2. The molecule has 1 aromatic carbocycles. The van der Waals surface area contributed by atoms with Crippen LogP contribution in [-0.4, -0.2) is 40.2 Å². The van der Waals surface area contributed by atoms with Gasteiger partial charge in [0.15, 0.2) is 17.4 Å². The van der Waals surface area contributed by atoms with Crippen molar-refractivity contribution >= 4 is 28.8 Å². The van der Waals surface area contributed by atoms with Gasteiger partial charge in [0, 0.05) is 30.2 Å². The number of amides is 1. The van der Waals surface area contributed by atoms with Crippen LogP contribution in [-0.2, 0) is 0 Å². The Labute approximate surface area is 192 Å². The fourth-order valence-electron chi connectivity index (χ4n) is 4.00. The Morgan fingerprint density at radius 1 is 1.15 bits per heavy atom. The minimum absolute atomic E-state index is 0.181. The molecular weight excluding hydrogens is 418 g/mol. The van der Waals surface area contributed by atoms with Crippen molar-refractivity contribution in [3.8, 4) is 5.75 Å². The van der Waals surface area contributed by atoms with Crippen LogP contribution in [0.2, 0.25) is 0 Å². The van der Waals surface area contributed by atoms with Crippen molar-refractivity contribution in [2.45, 2.75) is 25.7 Å². The van der Waals surface area contributed by atoms with Crippen LogP contribution in [0.3, 0.4) is 0 Å². The van der Waals surface area contributed by atoms with Gasteiger partial charge in [0.2, 0.25) is 0 Å². The Kier molecular flexibility index (Phi) is 6.77. The molecule has 0 radical (unpaired) electrons. The van der Waals surface area contributed by atoms with Crippen LogP contribution in [0.25, 0.3) is 0 Å². The zero-order valence-corrected chi connectivity index (χ0v) is 18.5. The first kappa shape index (κ1) is 22.2. The number of benzene rings is 1. The van der Waals surface area contributed by atoms with Gasteiger partial charge in [-0.15, -0.1) is 0 Å². The van der Waals surface area contributed by atoms with Gasteiger partial charge in [-0.3, -0.25) is 15.2 Å². The van der Waals surface area contributed by atoms with Crippen molar-refractivity contribution < 1.29 is 9.53 Å². The van der Waals surface area contributed by atoms with Crippen LogP contribution in [0.4, 0.5) is 17.2 Å². The van der Waals surface area contributed by atoms with E-state index in [1.807, 2.05) is 24.3 Å². The number of anilines is 3. The largest absolute Gasteiger partial charge is 0.491 e. The number of methoxy groups -OCH3 is 1. The van der Waals surface area contributed by atoms with E-state index in [9.17, 15) is 4.79 Å². The molecule has 0 bridgehead atoms. The summed E-state index contributed by atoms with van der Waals surface area (Å²) >= 11 is 0. The number of para-hydroxylation sites is 1. The number of nitrogens with one attached hydrogen (secondary N) is 3. The molecule has 9 nitrogen and oxygen atoms in total. The van der Waals surface area contributed by atoms with E-state index in [0.717, 1.165) is 12.2 Å². The number of carbonyl (C=O) groups excluding carboxylic acids is 1. The van der Waals surface area contributed by atoms with Crippen LogP contribution in [0.15, 0.2) is 48.9 Å². The second kappa shape index (κ2) is 10.1. The van der Waals surface area contributed by atoms with E-state index in [-0.39, 0.29) is 17.1 Å². The quantitative estimate of drug-likeness (QED) is 0.368. The van der Waals surface area contributed by atoms with Gasteiger partial charge in [0.25, 0.3) is 5.91 Å². The summed E-state index contributed by atoms with van der Waals surface area (Å²) in [5.41, 5.74) is 7.89. The number of primary amides is 1. The summed E-state index contributed by atoms with van der Waals surface area (Å²) in [5, 5.41) is 15.4. The van der Waals surface area contributed by atoms with Crippen molar-refractivity contribution in [3.63, 3.8) is 0 Å². The summed E-state index contributed by atoms with van der Waals surface area (Å²) in [4.78, 5) is 24.6. The van der Waals surface area contributed by atoms with Crippen LogP contribution < -0.4 is 21.1 Å². The second-order valence-corrected chi connectivity index (χ2v) is 7.97. The van der Waals surface area contributed by atoms with Crippen molar-refractivity contribution in [3.05, 3.63) is 65.9 Å². The summed E-state index contributed by atoms with van der Waals surface area (Å²) < 4.78 is 5.38. The first-order chi connectivity index (χ1) is 16.1. The van der Waals surface area contributed by atoms with Crippen molar-refractivity contribution in [1.82, 2.24) is 15.0 Å². The number of hydrogen-bond acceptors (Lipinski definition) is 8. The smallest absolute Gasteiger partial charge is 0.252 e. The number of nitrogens with two attached hydrogens (primary N) is 1. The predicted molar refractivity (Wildman–Crippen MR) is 127 cm³/mol. The molecule has 0 atom stereocenters. The molecule has 0 spiro atoms. The summed E-state index contributed by atoms with van der Waals surface area (Å²) in [5.74, 6) is 0.959. The van der Waals surface area contributed by atoms with E-state index in [2.05, 4.69) is 25.6 Å². The lowest BCUT2D eigenvalue weighted by atomic mass is 10.1. The van der Waals surface area contributed by atoms with Gasteiger partial charge in [-0.05, 0) is 30.9 Å². The van der Waals surface area contributed by atoms with Crippen LogP contribution >= 0.6 is 0 Å². The zero-order valence-electron chi connectivity index (χ0n) is 18.5. The Balaban J connectivity index is 1.61. The molecule has 1 aliphatic rings. The number of pyridine rings is 1. The Morgan fingerprint density at radius 3 is 2.70 bits per heavy atom. The lowest BCUT2D eigenvalue weighted by Gasteiger charge is -2.16. The molecule has 9 heteroatoms. The van der Waals surface area contributed by atoms with Gasteiger partial charge in [-0.1, -0.05) is 31.0 Å². The third-order valence-corrected chi connectivity index (χ3v) is 5.79. The maximum Gasteiger partial charge on any atom is 0.252 e. The van der Waals surface area contributed by atoms with Gasteiger partial charge in [-0.25, -0.2) is 9.97 Å². The van der Waals surface area contributed by atoms with Crippen molar-refractivity contribution in [2.24, 2.45) is 11.7 Å². The lowest BCUT2D eigenvalue weighted by molar-refractivity contribution is 0.100. The normalized spacial score (nSPS) is 13.5. The third kappa shape index (κ3) is 5.08. The number of rotatable bonds is 9. The highest BCUT2D eigenvalue weighted by Gasteiger charge is 2.19. The number of ether oxygens (including phenoxy) is 1. The molecule has 0 saturated heterocycles. The first-order valence-corrected chi connectivity index (χ1v) is 10.9. The van der Waals surface area contributed by atoms with E-state index in [1.165, 1.54) is 51.4 Å². The minimum atomic E-state index is -0.617. The van der Waals surface area contributed by atoms with Gasteiger partial charge >= 0.3 is 0 Å². The fraction of sp³-hybridized carbons (Fsp3) is 0.292. The number of carbonyl (C=O) groups is 1. The van der Waals surface area contributed by atoms with Gasteiger partial charge in [-0.2, -0.15) is 0 Å². The van der Waals surface area contributed by atoms with E-state index < -0.39 is 5.91 Å². The number of aromatic nitrogens is 3. The monoisotopic (exact) mass is 445 g/mol. The highest BCUT2D eigenvalue weighted by atomic mass is 16.5. The molecule has 170 valence electrons. The van der Waals surface area contributed by atoms with Crippen molar-refractivity contribution in [2.75, 3.05) is 24.3 Å². The average molecular weight is 446 g/mol. The molecule has 3 aromatic rings. The van der Waals surface area contributed by atoms with E-state index >= 15 is 0 Å². The third-order valence-electron chi connectivity index (χ3n) is 5.79. The molecule has 1 amide bonds. The molecule has 0 aliphatic heterocycles. The second-order valence-electron chi connectivity index (χ2n) is 7.97. The lowest BCUT2D eigenvalue weighted by Crippen LogP contribution is -2.16. The van der Waals surface area contributed by atoms with Crippen LogP contribution in [0.1, 0.15) is 47.4 Å². The first-order valence-electron chi connectivity index (χ1n) is 10.9. The van der Waals surface area contributed by atoms with E-state index in [4.69, 9.17) is 15.9 Å². The zero-order chi connectivity index (χ0) is 23.2. The summed E-state index contributed by atoms with van der Waals surface area (Å²) in [6.07, 6.45) is 9.48. The summed E-state index contributed by atoms with van der Waals surface area (Å²) in [7, 11) is 1.50. The maximum atomic E-state index is 11.8. The van der Waals surface area contributed by atoms with Crippen molar-refractivity contribution in [1.29, 1.82) is 5.41 Å². The average Bonchev–Trinajstić information content (AvgIpc) is 3.36. The summed E-state index contributed by atoms with van der Waals surface area (Å²) in [6, 6.07) is 9.31. The topological polar surface area (TPSA) is 139 Å². The molecule has 2 heterocycles. The molecule has 33 heavy (non-hydrogen) atoms. The summed E-state index contributed by atoms with van der Waals surface area (Å²) in [6.45, 7) is 0.887. The molecule has 1 saturated carbocycles. The Morgan fingerprint density at radius 2 is 1.94 bits per heavy atom. The molecule has 1 fully saturated rings. The Bertz CT molecular complexity index is 1160. The number of nitrogens with zero attached hydrogens (tertiary/aromatic N) is 3. The van der Waals surface area contributed by atoms with Crippen LogP contribution in [0.5, 0.6) is 5.75 Å². The molecule has 0 unspecified atom stereocenters. The molecule has 5 N–H and O–H groups in total. The standard InChI is InChI=1S/C24H27N7O2/c1-33-20-14-29-24(31-23(20)30-19-10-11-27-13-17(19)22(26)32)21(25)16-8-4-5-9-18(16)28-12-15-6-2-3-7-15/h4-5,8-11,13-15,25,28H,2-3,6-7,12H2,1H3,(H2,26,32)(H,27,29,30,31). The minimum Gasteiger partial charge on any atom is -0.491 e. The van der Waals surface area contributed by atoms with Gasteiger partial charge in [0.1, 0.15) is 5.71 Å². The predicted octanol–water partition coefficient (Wildman–Crippen LogP) is 3.74. The SMILES string of the molecule is COc1cnc(C(=N)c2ccccc2NCC2CCCC2)nc1Nc1ccncc1C(N)=O. The van der Waals surface area contributed by atoms with Gasteiger partial charge in [0.05, 0.1) is 24.6 Å². The molecule has 4 rings (SSSR count). The fourth-order valence-corrected chi connectivity index (χ4v) is 4.00. The highest BCUT2D eigenvalue weighted by molar-refractivity contribution is 6.12. The molecule has 2 aromatic heterocycles. The molecule has 1 aliphatic carbocycles. The highest BCUT2D eigenvalue weighted by Crippen LogP contribution is 2.28. The van der Waals surface area contributed by atoms with E-state index in [0.29, 0.717) is 28.7 Å². The maximum absolute atomic E-state index is 11.8. The van der Waals surface area contributed by atoms with E-state index in [1.54, 1.807) is 6.07 Å². The Hall–Kier alpha value is -4.01. The number of hydrogen-bond donors (Lipinski definition) is 4.